The van der Waals surface area contributed by atoms with Crippen molar-refractivity contribution in [2.75, 3.05) is 13.1 Å². The minimum absolute atomic E-state index is 0.0514. The SMILES string of the molecule is CCn1ncc2c(F)cc(-c3ccc(C4(F)CCCN(S(=O)(=O)C(C)C)C4)c(=O)[nH]3)cc21. The monoisotopic (exact) mass is 464 g/mol. The van der Waals surface area contributed by atoms with Crippen LogP contribution in [-0.4, -0.2) is 45.8 Å². The van der Waals surface area contributed by atoms with E-state index in [1.807, 2.05) is 6.92 Å². The number of pyridine rings is 1. The lowest BCUT2D eigenvalue weighted by Crippen LogP contribution is -2.49. The van der Waals surface area contributed by atoms with Gasteiger partial charge in [0.15, 0.2) is 5.67 Å². The normalized spacial score (nSPS) is 20.3. The molecule has 3 heterocycles. The fourth-order valence-electron chi connectivity index (χ4n) is 4.25. The Labute approximate surface area is 185 Å². The van der Waals surface area contributed by atoms with E-state index < -0.39 is 38.9 Å². The molecular formula is C22H26F2N4O3S. The van der Waals surface area contributed by atoms with Gasteiger partial charge in [-0.3, -0.25) is 9.48 Å². The van der Waals surface area contributed by atoms with Crippen LogP contribution in [0.3, 0.4) is 0 Å². The Hall–Kier alpha value is -2.59. The van der Waals surface area contributed by atoms with Crippen molar-refractivity contribution in [3.8, 4) is 11.3 Å². The lowest BCUT2D eigenvalue weighted by Gasteiger charge is -2.37. The second kappa shape index (κ2) is 8.08. The Morgan fingerprint density at radius 2 is 2.03 bits per heavy atom. The van der Waals surface area contributed by atoms with Gasteiger partial charge in [0.05, 0.1) is 34.5 Å². The van der Waals surface area contributed by atoms with Crippen molar-refractivity contribution in [2.45, 2.75) is 51.1 Å². The highest BCUT2D eigenvalue weighted by molar-refractivity contribution is 7.89. The van der Waals surface area contributed by atoms with Crippen molar-refractivity contribution in [3.63, 3.8) is 0 Å². The second-order valence-corrected chi connectivity index (χ2v) is 11.0. The second-order valence-electron chi connectivity index (χ2n) is 8.46. The lowest BCUT2D eigenvalue weighted by molar-refractivity contribution is 0.0797. The van der Waals surface area contributed by atoms with Crippen LogP contribution in [0.15, 0.2) is 35.3 Å². The predicted octanol–water partition coefficient (Wildman–Crippen LogP) is 3.55. The van der Waals surface area contributed by atoms with Gasteiger partial charge in [0.2, 0.25) is 10.0 Å². The first-order valence-electron chi connectivity index (χ1n) is 10.6. The number of fused-ring (bicyclic) bond motifs is 1. The number of aryl methyl sites for hydroxylation is 1. The van der Waals surface area contributed by atoms with E-state index in [9.17, 15) is 17.6 Å². The number of alkyl halides is 1. The molecule has 0 radical (unpaired) electrons. The summed E-state index contributed by atoms with van der Waals surface area (Å²) < 4.78 is 58.3. The average Bonchev–Trinajstić information content (AvgIpc) is 3.17. The summed E-state index contributed by atoms with van der Waals surface area (Å²) in [6.07, 6.45) is 1.82. The van der Waals surface area contributed by atoms with Gasteiger partial charge < -0.3 is 4.98 Å². The molecule has 4 rings (SSSR count). The largest absolute Gasteiger partial charge is 0.322 e. The summed E-state index contributed by atoms with van der Waals surface area (Å²) in [4.78, 5) is 15.5. The molecule has 1 saturated heterocycles. The smallest absolute Gasteiger partial charge is 0.254 e. The van der Waals surface area contributed by atoms with E-state index in [0.717, 1.165) is 4.31 Å². The van der Waals surface area contributed by atoms with Crippen molar-refractivity contribution in [2.24, 2.45) is 0 Å². The van der Waals surface area contributed by atoms with Crippen LogP contribution in [0, 0.1) is 5.82 Å². The van der Waals surface area contributed by atoms with E-state index in [4.69, 9.17) is 0 Å². The van der Waals surface area contributed by atoms with Gasteiger partial charge in [0, 0.05) is 24.3 Å². The molecular weight excluding hydrogens is 438 g/mol. The maximum atomic E-state index is 15.9. The molecule has 1 aliphatic rings. The highest BCUT2D eigenvalue weighted by Crippen LogP contribution is 2.36. The first kappa shape index (κ1) is 22.6. The van der Waals surface area contributed by atoms with Crippen LogP contribution in [0.2, 0.25) is 0 Å². The summed E-state index contributed by atoms with van der Waals surface area (Å²) in [5.41, 5.74) is -1.49. The fourth-order valence-corrected chi connectivity index (χ4v) is 5.61. The number of hydrogen-bond donors (Lipinski definition) is 1. The number of piperidine rings is 1. The molecule has 1 atom stereocenters. The van der Waals surface area contributed by atoms with Crippen LogP contribution in [0.1, 0.15) is 39.2 Å². The molecule has 0 amide bonds. The zero-order chi connectivity index (χ0) is 23.3. The average molecular weight is 465 g/mol. The number of aromatic amines is 1. The molecule has 32 heavy (non-hydrogen) atoms. The van der Waals surface area contributed by atoms with Crippen molar-refractivity contribution in [3.05, 3.63) is 52.2 Å². The number of aromatic nitrogens is 3. The fraction of sp³-hybridized carbons (Fsp3) is 0.455. The third-order valence-electron chi connectivity index (χ3n) is 6.08. The Morgan fingerprint density at radius 1 is 1.28 bits per heavy atom. The number of hydrogen-bond acceptors (Lipinski definition) is 4. The lowest BCUT2D eigenvalue weighted by atomic mass is 9.89. The standard InChI is InChI=1S/C22H26F2N4O3S/c1-4-28-20-11-15(10-18(23)16(20)12-25-28)19-7-6-17(21(29)26-19)22(24)8-5-9-27(13-22)32(30,31)14(2)3/h6-7,10-12,14H,4-5,8-9,13H2,1-3H3,(H,26,29). The zero-order valence-corrected chi connectivity index (χ0v) is 19.0. The number of rotatable bonds is 5. The number of sulfonamides is 1. The maximum Gasteiger partial charge on any atom is 0.254 e. The minimum Gasteiger partial charge on any atom is -0.322 e. The quantitative estimate of drug-likeness (QED) is 0.626. The zero-order valence-electron chi connectivity index (χ0n) is 18.2. The predicted molar refractivity (Wildman–Crippen MR) is 119 cm³/mol. The van der Waals surface area contributed by atoms with Gasteiger partial charge in [-0.05, 0) is 57.9 Å². The molecule has 7 nitrogen and oxygen atoms in total. The Balaban J connectivity index is 1.71. The first-order chi connectivity index (χ1) is 15.1. The number of halogens is 2. The van der Waals surface area contributed by atoms with Gasteiger partial charge in [-0.2, -0.15) is 9.40 Å². The molecule has 0 aliphatic carbocycles. The summed E-state index contributed by atoms with van der Waals surface area (Å²) in [5, 5.41) is 3.86. The summed E-state index contributed by atoms with van der Waals surface area (Å²) >= 11 is 0. The molecule has 1 N–H and O–H groups in total. The van der Waals surface area contributed by atoms with E-state index in [-0.39, 0.29) is 18.5 Å². The first-order valence-corrected chi connectivity index (χ1v) is 12.1. The Morgan fingerprint density at radius 3 is 2.69 bits per heavy atom. The Kier molecular flexibility index (Phi) is 5.70. The van der Waals surface area contributed by atoms with Crippen LogP contribution in [-0.2, 0) is 22.2 Å². The van der Waals surface area contributed by atoms with Crippen LogP contribution >= 0.6 is 0 Å². The number of H-pyrrole nitrogens is 1. The molecule has 172 valence electrons. The minimum atomic E-state index is -3.64. The molecule has 1 aromatic carbocycles. The molecule has 1 unspecified atom stereocenters. The summed E-state index contributed by atoms with van der Waals surface area (Å²) in [7, 11) is -3.64. The summed E-state index contributed by atoms with van der Waals surface area (Å²) in [6.45, 7) is 5.37. The molecule has 3 aromatic rings. The van der Waals surface area contributed by atoms with Crippen molar-refractivity contribution < 1.29 is 17.2 Å². The highest BCUT2D eigenvalue weighted by atomic mass is 32.2. The van der Waals surface area contributed by atoms with Crippen molar-refractivity contribution in [1.82, 2.24) is 19.1 Å². The van der Waals surface area contributed by atoms with Crippen LogP contribution in [0.25, 0.3) is 22.2 Å². The highest BCUT2D eigenvalue weighted by Gasteiger charge is 2.43. The van der Waals surface area contributed by atoms with Gasteiger partial charge in [-0.25, -0.2) is 17.2 Å². The molecule has 0 bridgehead atoms. The molecule has 0 saturated carbocycles. The number of benzene rings is 1. The molecule has 0 spiro atoms. The van der Waals surface area contributed by atoms with Crippen LogP contribution < -0.4 is 5.56 Å². The summed E-state index contributed by atoms with van der Waals surface area (Å²) in [6, 6.07) is 5.93. The van der Waals surface area contributed by atoms with Crippen LogP contribution in [0.4, 0.5) is 8.78 Å². The van der Waals surface area contributed by atoms with Gasteiger partial charge in [-0.1, -0.05) is 0 Å². The van der Waals surface area contributed by atoms with E-state index in [1.54, 1.807) is 24.6 Å². The third-order valence-corrected chi connectivity index (χ3v) is 8.30. The van der Waals surface area contributed by atoms with E-state index in [2.05, 4.69) is 10.1 Å². The Bertz CT molecular complexity index is 1330. The molecule has 10 heteroatoms. The number of nitrogens with zero attached hydrogens (tertiary/aromatic N) is 3. The molecule has 2 aromatic heterocycles. The van der Waals surface area contributed by atoms with Crippen molar-refractivity contribution >= 4 is 20.9 Å². The van der Waals surface area contributed by atoms with Crippen molar-refractivity contribution in [1.29, 1.82) is 0 Å². The van der Waals surface area contributed by atoms with Gasteiger partial charge in [0.25, 0.3) is 5.56 Å². The van der Waals surface area contributed by atoms with E-state index in [0.29, 0.717) is 35.1 Å². The van der Waals surface area contributed by atoms with Crippen LogP contribution in [0.5, 0.6) is 0 Å². The maximum absolute atomic E-state index is 15.9. The van der Waals surface area contributed by atoms with Gasteiger partial charge >= 0.3 is 0 Å². The summed E-state index contributed by atoms with van der Waals surface area (Å²) in [5.74, 6) is -0.467. The third kappa shape index (κ3) is 3.75. The van der Waals surface area contributed by atoms with Gasteiger partial charge in [0.1, 0.15) is 5.82 Å². The topological polar surface area (TPSA) is 88.1 Å². The van der Waals surface area contributed by atoms with E-state index >= 15 is 4.39 Å². The molecule has 1 fully saturated rings. The van der Waals surface area contributed by atoms with Gasteiger partial charge in [-0.15, -0.1) is 0 Å². The molecule has 1 aliphatic heterocycles. The number of nitrogens with one attached hydrogen (secondary N) is 1. The van der Waals surface area contributed by atoms with E-state index in [1.165, 1.54) is 24.4 Å².